The van der Waals surface area contributed by atoms with Gasteiger partial charge in [0.25, 0.3) is 0 Å². The highest BCUT2D eigenvalue weighted by molar-refractivity contribution is 6.29. The van der Waals surface area contributed by atoms with Crippen molar-refractivity contribution in [1.29, 1.82) is 0 Å². The highest BCUT2D eigenvalue weighted by Crippen LogP contribution is 2.24. The highest BCUT2D eigenvalue weighted by Gasteiger charge is 1.99. The minimum Gasteiger partial charge on any atom is -0.445 e. The van der Waals surface area contributed by atoms with Crippen molar-refractivity contribution in [3.05, 3.63) is 29.5 Å². The summed E-state index contributed by atoms with van der Waals surface area (Å²) in [6.45, 7) is 0. The molecule has 11 heavy (non-hydrogen) atoms. The van der Waals surface area contributed by atoms with Crippen molar-refractivity contribution in [2.24, 2.45) is 0 Å². The van der Waals surface area contributed by atoms with E-state index in [2.05, 4.69) is 0 Å². The second-order valence-corrected chi connectivity index (χ2v) is 2.72. The molecule has 3 heteroatoms. The van der Waals surface area contributed by atoms with Crippen LogP contribution >= 0.6 is 11.6 Å². The predicted molar refractivity (Wildman–Crippen MR) is 45.6 cm³/mol. The van der Waals surface area contributed by atoms with Gasteiger partial charge in [0.05, 0.1) is 0 Å². The summed E-state index contributed by atoms with van der Waals surface area (Å²) < 4.78 is 5.13. The topological polar surface area (TPSA) is 39.2 Å². The fourth-order valence-electron chi connectivity index (χ4n) is 1.02. The fraction of sp³-hybridized carbons (Fsp3) is 0. The normalized spacial score (nSPS) is 10.6. The molecule has 2 rings (SSSR count). The van der Waals surface area contributed by atoms with Gasteiger partial charge in [0.15, 0.2) is 5.22 Å². The summed E-state index contributed by atoms with van der Waals surface area (Å²) in [4.78, 5) is 0. The summed E-state index contributed by atoms with van der Waals surface area (Å²) >= 11 is 5.63. The lowest BCUT2D eigenvalue weighted by atomic mass is 10.2. The third-order valence-corrected chi connectivity index (χ3v) is 1.70. The third kappa shape index (κ3) is 1.05. The van der Waals surface area contributed by atoms with E-state index >= 15 is 0 Å². The van der Waals surface area contributed by atoms with E-state index in [-0.39, 0.29) is 0 Å². The van der Waals surface area contributed by atoms with Crippen molar-refractivity contribution in [2.75, 3.05) is 5.73 Å². The Hall–Kier alpha value is -1.15. The molecule has 0 aliphatic heterocycles. The number of benzene rings is 1. The van der Waals surface area contributed by atoms with Gasteiger partial charge in [-0.15, -0.1) is 0 Å². The maximum atomic E-state index is 5.63. The van der Waals surface area contributed by atoms with Crippen LogP contribution in [0.3, 0.4) is 0 Å². The minimum atomic E-state index is 0.394. The molecule has 0 aliphatic rings. The molecule has 56 valence electrons. The van der Waals surface area contributed by atoms with Crippen LogP contribution < -0.4 is 5.73 Å². The Bertz CT molecular complexity index is 394. The lowest BCUT2D eigenvalue weighted by Gasteiger charge is -1.89. The van der Waals surface area contributed by atoms with Gasteiger partial charge in [0.2, 0.25) is 0 Å². The molecule has 0 saturated heterocycles. The summed E-state index contributed by atoms with van der Waals surface area (Å²) in [5.74, 6) is 0. The molecule has 0 aliphatic carbocycles. The van der Waals surface area contributed by atoms with Gasteiger partial charge in [-0.25, -0.2) is 0 Å². The average molecular weight is 168 g/mol. The second-order valence-electron chi connectivity index (χ2n) is 2.35. The summed E-state index contributed by atoms with van der Waals surface area (Å²) in [6, 6.07) is 7.20. The molecule has 0 amide bonds. The predicted octanol–water partition coefficient (Wildman–Crippen LogP) is 2.67. The first-order valence-corrected chi connectivity index (χ1v) is 3.58. The van der Waals surface area contributed by atoms with Gasteiger partial charge in [0, 0.05) is 23.2 Å². The molecule has 0 bridgehead atoms. The first kappa shape index (κ1) is 6.55. The Kier molecular flexibility index (Phi) is 1.29. The maximum Gasteiger partial charge on any atom is 0.194 e. The van der Waals surface area contributed by atoms with E-state index in [1.807, 2.05) is 12.1 Å². The molecular weight excluding hydrogens is 162 g/mol. The Morgan fingerprint density at radius 2 is 2.09 bits per heavy atom. The van der Waals surface area contributed by atoms with Gasteiger partial charge in [-0.05, 0) is 23.7 Å². The van der Waals surface area contributed by atoms with Crippen LogP contribution in [-0.2, 0) is 0 Å². The summed E-state index contributed by atoms with van der Waals surface area (Å²) in [5, 5.41) is 1.37. The number of halogens is 1. The number of nitrogen functional groups attached to an aromatic ring is 1. The monoisotopic (exact) mass is 167 g/mol. The van der Waals surface area contributed by atoms with E-state index in [0.717, 1.165) is 11.0 Å². The molecule has 1 heterocycles. The average Bonchev–Trinajstić information content (AvgIpc) is 2.27. The number of nitrogens with two attached hydrogens (primary N) is 1. The van der Waals surface area contributed by atoms with Crippen molar-refractivity contribution < 1.29 is 4.42 Å². The van der Waals surface area contributed by atoms with Crippen molar-refractivity contribution in [2.45, 2.75) is 0 Å². The van der Waals surface area contributed by atoms with Gasteiger partial charge in [0.1, 0.15) is 5.58 Å². The summed E-state index contributed by atoms with van der Waals surface area (Å²) in [7, 11) is 0. The Labute approximate surface area is 68.6 Å². The van der Waals surface area contributed by atoms with Crippen LogP contribution in [0.1, 0.15) is 0 Å². The van der Waals surface area contributed by atoms with Gasteiger partial charge >= 0.3 is 0 Å². The Morgan fingerprint density at radius 3 is 2.91 bits per heavy atom. The largest absolute Gasteiger partial charge is 0.445 e. The van der Waals surface area contributed by atoms with E-state index < -0.39 is 0 Å². The van der Waals surface area contributed by atoms with Crippen LogP contribution in [0.4, 0.5) is 5.69 Å². The van der Waals surface area contributed by atoms with E-state index in [9.17, 15) is 0 Å². The molecule has 0 unspecified atom stereocenters. The number of rotatable bonds is 0. The van der Waals surface area contributed by atoms with Crippen molar-refractivity contribution in [3.63, 3.8) is 0 Å². The summed E-state index contributed by atoms with van der Waals surface area (Å²) in [6.07, 6.45) is 0. The maximum absolute atomic E-state index is 5.63. The van der Waals surface area contributed by atoms with Crippen LogP contribution in [-0.4, -0.2) is 0 Å². The van der Waals surface area contributed by atoms with Gasteiger partial charge in [-0.2, -0.15) is 0 Å². The lowest BCUT2D eigenvalue weighted by molar-refractivity contribution is 0.618. The quantitative estimate of drug-likeness (QED) is 0.613. The number of furan rings is 1. The van der Waals surface area contributed by atoms with Crippen molar-refractivity contribution in [1.82, 2.24) is 0 Å². The fourth-order valence-corrected chi connectivity index (χ4v) is 1.22. The number of hydrogen-bond acceptors (Lipinski definition) is 2. The molecule has 0 radical (unpaired) electrons. The third-order valence-electron chi connectivity index (χ3n) is 1.51. The molecule has 0 atom stereocenters. The molecule has 2 aromatic rings. The van der Waals surface area contributed by atoms with Crippen LogP contribution in [0, 0.1) is 0 Å². The van der Waals surface area contributed by atoms with Gasteiger partial charge in [-0.1, -0.05) is 0 Å². The van der Waals surface area contributed by atoms with E-state index in [1.54, 1.807) is 12.1 Å². The minimum absolute atomic E-state index is 0.394. The number of fused-ring (bicyclic) bond motifs is 1. The van der Waals surface area contributed by atoms with E-state index in [0.29, 0.717) is 10.9 Å². The molecule has 0 saturated carbocycles. The second kappa shape index (κ2) is 2.17. The Balaban J connectivity index is 2.82. The summed E-state index contributed by atoms with van der Waals surface area (Å²) in [5.41, 5.74) is 6.95. The molecule has 0 fully saturated rings. The first-order valence-electron chi connectivity index (χ1n) is 3.20. The van der Waals surface area contributed by atoms with Crippen LogP contribution in [0.25, 0.3) is 11.0 Å². The SMILES string of the molecule is Nc1ccc2cc(Cl)oc2c1. The zero-order valence-electron chi connectivity index (χ0n) is 5.67. The molecule has 2 nitrogen and oxygen atoms in total. The van der Waals surface area contributed by atoms with Gasteiger partial charge in [-0.3, -0.25) is 0 Å². The molecule has 2 N–H and O–H groups in total. The molecule has 0 spiro atoms. The number of anilines is 1. The first-order chi connectivity index (χ1) is 5.25. The molecule has 1 aromatic heterocycles. The smallest absolute Gasteiger partial charge is 0.194 e. The Morgan fingerprint density at radius 1 is 1.27 bits per heavy atom. The zero-order chi connectivity index (χ0) is 7.84. The standard InChI is InChI=1S/C8H6ClNO/c9-8-3-5-1-2-6(10)4-7(5)11-8/h1-4H,10H2. The highest BCUT2D eigenvalue weighted by atomic mass is 35.5. The zero-order valence-corrected chi connectivity index (χ0v) is 6.43. The lowest BCUT2D eigenvalue weighted by Crippen LogP contribution is -1.80. The van der Waals surface area contributed by atoms with Crippen LogP contribution in [0.5, 0.6) is 0 Å². The number of hydrogen-bond donors (Lipinski definition) is 1. The van der Waals surface area contributed by atoms with Gasteiger partial charge < -0.3 is 10.2 Å². The van der Waals surface area contributed by atoms with E-state index in [1.165, 1.54) is 0 Å². The van der Waals surface area contributed by atoms with Crippen molar-refractivity contribution >= 4 is 28.3 Å². The molecule has 1 aromatic carbocycles. The van der Waals surface area contributed by atoms with E-state index in [4.69, 9.17) is 21.8 Å². The molecular formula is C8H6ClNO. The van der Waals surface area contributed by atoms with Crippen LogP contribution in [0.2, 0.25) is 5.22 Å². The van der Waals surface area contributed by atoms with Crippen LogP contribution in [0.15, 0.2) is 28.7 Å². The van der Waals surface area contributed by atoms with Crippen molar-refractivity contribution in [3.8, 4) is 0 Å².